The molecule has 0 aromatic carbocycles. The lowest BCUT2D eigenvalue weighted by Gasteiger charge is -2.11. The van der Waals surface area contributed by atoms with Crippen molar-refractivity contribution >= 4 is 28.7 Å². The molecule has 0 fully saturated rings. The van der Waals surface area contributed by atoms with Gasteiger partial charge in [-0.25, -0.2) is 0 Å². The molecule has 0 rings (SSSR count). The molecule has 6 nitrogen and oxygen atoms in total. The van der Waals surface area contributed by atoms with Crippen molar-refractivity contribution in [3.63, 3.8) is 0 Å². The van der Waals surface area contributed by atoms with E-state index in [0.29, 0.717) is 5.04 Å². The zero-order valence-electron chi connectivity index (χ0n) is 9.93. The molecule has 0 aromatic rings. The number of carboxylic acids is 1. The number of carboxylic acid groups (broad SMARTS) is 1. The molecular formula is C10H15N3O3S. The maximum atomic E-state index is 11.6. The summed E-state index contributed by atoms with van der Waals surface area (Å²) in [5, 5.41) is 19.9. The molecule has 1 amide bonds. The summed E-state index contributed by atoms with van der Waals surface area (Å²) in [4.78, 5) is 26.0. The number of aliphatic carboxylic acids is 1. The number of hydrogen-bond donors (Lipinski definition) is 2. The second kappa shape index (κ2) is 7.68. The number of hydrogen-bond acceptors (Lipinski definition) is 5. The van der Waals surface area contributed by atoms with Crippen molar-refractivity contribution in [1.82, 2.24) is 5.32 Å². The fraction of sp³-hybridized carbons (Fsp3) is 0.600. The number of rotatable bonds is 5. The minimum Gasteiger partial charge on any atom is -0.480 e. The Hall–Kier alpha value is -1.55. The number of aliphatic imine (C=N–C) groups is 1. The maximum Gasteiger partial charge on any atom is 0.322 e. The summed E-state index contributed by atoms with van der Waals surface area (Å²) < 4.78 is 0. The second-order valence-electron chi connectivity index (χ2n) is 3.44. The highest BCUT2D eigenvalue weighted by atomic mass is 32.2. The number of carbonyl (C=O) groups excluding carboxylic acids is 1. The lowest BCUT2D eigenvalue weighted by molar-refractivity contribution is -0.138. The molecule has 0 heterocycles. The maximum absolute atomic E-state index is 11.6. The van der Waals surface area contributed by atoms with Crippen molar-refractivity contribution in [3.05, 3.63) is 0 Å². The second-order valence-corrected chi connectivity index (χ2v) is 4.27. The number of nitriles is 1. The van der Waals surface area contributed by atoms with Crippen LogP contribution in [0.25, 0.3) is 0 Å². The molecule has 7 heteroatoms. The van der Waals surface area contributed by atoms with Gasteiger partial charge in [-0.2, -0.15) is 5.26 Å². The van der Waals surface area contributed by atoms with E-state index in [1.807, 2.05) is 19.9 Å². The van der Waals surface area contributed by atoms with E-state index in [0.717, 1.165) is 0 Å². The highest BCUT2D eigenvalue weighted by molar-refractivity contribution is 8.13. The molecule has 0 saturated heterocycles. The van der Waals surface area contributed by atoms with Crippen LogP contribution < -0.4 is 5.32 Å². The lowest BCUT2D eigenvalue weighted by atomic mass is 10.1. The molecule has 0 aliphatic rings. The Kier molecular flexibility index (Phi) is 6.98. The van der Waals surface area contributed by atoms with Gasteiger partial charge in [0.2, 0.25) is 5.91 Å². The van der Waals surface area contributed by atoms with Gasteiger partial charge >= 0.3 is 5.97 Å². The highest BCUT2D eigenvalue weighted by Crippen LogP contribution is 2.12. The van der Waals surface area contributed by atoms with Crippen molar-refractivity contribution in [3.8, 4) is 6.07 Å². The van der Waals surface area contributed by atoms with Crippen LogP contribution >= 0.6 is 11.8 Å². The third-order valence-electron chi connectivity index (χ3n) is 1.65. The van der Waals surface area contributed by atoms with Crippen LogP contribution in [0, 0.1) is 17.2 Å². The largest absolute Gasteiger partial charge is 0.480 e. The van der Waals surface area contributed by atoms with Crippen LogP contribution in [0.1, 0.15) is 13.8 Å². The van der Waals surface area contributed by atoms with Crippen LogP contribution in [0.4, 0.5) is 0 Å². The first-order valence-corrected chi connectivity index (χ1v) is 6.15. The van der Waals surface area contributed by atoms with E-state index in [2.05, 4.69) is 10.3 Å². The number of carbonyl (C=O) groups is 2. The third kappa shape index (κ3) is 5.92. The fourth-order valence-electron chi connectivity index (χ4n) is 0.990. The van der Waals surface area contributed by atoms with Crippen LogP contribution in [-0.4, -0.2) is 40.9 Å². The molecular weight excluding hydrogens is 242 g/mol. The number of nitrogens with zero attached hydrogens (tertiary/aromatic N) is 2. The van der Waals surface area contributed by atoms with Gasteiger partial charge in [0.05, 0.1) is 11.1 Å². The average molecular weight is 257 g/mol. The van der Waals surface area contributed by atoms with Crippen molar-refractivity contribution in [2.75, 3.05) is 12.8 Å². The summed E-state index contributed by atoms with van der Waals surface area (Å²) in [5.74, 6) is -2.84. The van der Waals surface area contributed by atoms with Gasteiger partial charge in [0, 0.05) is 6.04 Å². The van der Waals surface area contributed by atoms with E-state index in [1.54, 1.807) is 6.26 Å². The van der Waals surface area contributed by atoms with Crippen LogP contribution in [0.2, 0.25) is 0 Å². The predicted molar refractivity (Wildman–Crippen MR) is 65.8 cm³/mol. The molecule has 1 unspecified atom stereocenters. The molecule has 0 aliphatic heterocycles. The smallest absolute Gasteiger partial charge is 0.322 e. The molecule has 0 radical (unpaired) electrons. The highest BCUT2D eigenvalue weighted by Gasteiger charge is 2.24. The Morgan fingerprint density at radius 1 is 1.53 bits per heavy atom. The monoisotopic (exact) mass is 257 g/mol. The van der Waals surface area contributed by atoms with Crippen molar-refractivity contribution in [1.29, 1.82) is 5.26 Å². The van der Waals surface area contributed by atoms with E-state index < -0.39 is 24.3 Å². The summed E-state index contributed by atoms with van der Waals surface area (Å²) >= 11 is 1.21. The Bertz CT molecular complexity index is 360. The fourth-order valence-corrected chi connectivity index (χ4v) is 1.70. The van der Waals surface area contributed by atoms with Crippen LogP contribution in [0.5, 0.6) is 0 Å². The molecule has 0 spiro atoms. The van der Waals surface area contributed by atoms with Crippen molar-refractivity contribution in [2.45, 2.75) is 19.9 Å². The van der Waals surface area contributed by atoms with E-state index >= 15 is 0 Å². The Labute approximate surface area is 104 Å². The van der Waals surface area contributed by atoms with Crippen LogP contribution in [0.15, 0.2) is 4.99 Å². The minimum absolute atomic E-state index is 0.0272. The van der Waals surface area contributed by atoms with Gasteiger partial charge in [-0.15, -0.1) is 11.8 Å². The Balaban J connectivity index is 4.76. The molecule has 17 heavy (non-hydrogen) atoms. The number of nitrogens with one attached hydrogen (secondary N) is 1. The van der Waals surface area contributed by atoms with Crippen LogP contribution in [-0.2, 0) is 9.59 Å². The molecule has 0 bridgehead atoms. The summed E-state index contributed by atoms with van der Waals surface area (Å²) in [7, 11) is 0. The average Bonchev–Trinajstić information content (AvgIpc) is 2.25. The normalized spacial score (nSPS) is 13.0. The van der Waals surface area contributed by atoms with E-state index in [-0.39, 0.29) is 6.04 Å². The topological polar surface area (TPSA) is 103 Å². The SMILES string of the molecule is CSC(=NC(C)C)C(C#N)C(=O)NCC(=O)O. The third-order valence-corrected chi connectivity index (χ3v) is 2.41. The predicted octanol–water partition coefficient (Wildman–Crippen LogP) is 0.497. The summed E-state index contributed by atoms with van der Waals surface area (Å²) in [5.41, 5.74) is 0. The quantitative estimate of drug-likeness (QED) is 0.551. The number of thioether (sulfide) groups is 1. The van der Waals surface area contributed by atoms with Gasteiger partial charge in [0.1, 0.15) is 6.54 Å². The molecule has 0 aromatic heterocycles. The standard InChI is InChI=1S/C10H15N3O3S/c1-6(2)13-10(17-3)7(4-11)9(16)12-5-8(14)15/h6-7H,5H2,1-3H3,(H,12,16)(H,14,15). The summed E-state index contributed by atoms with van der Waals surface area (Å²) in [6.07, 6.45) is 1.72. The summed E-state index contributed by atoms with van der Waals surface area (Å²) in [6, 6.07) is 1.80. The van der Waals surface area contributed by atoms with E-state index in [9.17, 15) is 9.59 Å². The lowest BCUT2D eigenvalue weighted by Crippen LogP contribution is -2.37. The molecule has 1 atom stereocenters. The van der Waals surface area contributed by atoms with Gasteiger partial charge in [-0.1, -0.05) is 0 Å². The minimum atomic E-state index is -1.15. The van der Waals surface area contributed by atoms with Crippen molar-refractivity contribution < 1.29 is 14.7 Å². The van der Waals surface area contributed by atoms with Crippen molar-refractivity contribution in [2.24, 2.45) is 10.9 Å². The van der Waals surface area contributed by atoms with Gasteiger partial charge < -0.3 is 10.4 Å². The first-order chi connectivity index (χ1) is 7.92. The van der Waals surface area contributed by atoms with Gasteiger partial charge in [-0.3, -0.25) is 14.6 Å². The number of amides is 1. The molecule has 2 N–H and O–H groups in total. The van der Waals surface area contributed by atoms with E-state index in [4.69, 9.17) is 10.4 Å². The zero-order chi connectivity index (χ0) is 13.4. The van der Waals surface area contributed by atoms with Gasteiger partial charge in [0.15, 0.2) is 5.92 Å². The molecule has 0 aliphatic carbocycles. The first kappa shape index (κ1) is 15.4. The Morgan fingerprint density at radius 3 is 2.47 bits per heavy atom. The van der Waals surface area contributed by atoms with Gasteiger partial charge in [0.25, 0.3) is 0 Å². The first-order valence-electron chi connectivity index (χ1n) is 4.93. The molecule has 94 valence electrons. The van der Waals surface area contributed by atoms with E-state index in [1.165, 1.54) is 11.8 Å². The zero-order valence-corrected chi connectivity index (χ0v) is 10.7. The van der Waals surface area contributed by atoms with Crippen LogP contribution in [0.3, 0.4) is 0 Å². The summed E-state index contributed by atoms with van der Waals surface area (Å²) in [6.45, 7) is 3.17. The van der Waals surface area contributed by atoms with Gasteiger partial charge in [-0.05, 0) is 20.1 Å². The Morgan fingerprint density at radius 2 is 2.12 bits per heavy atom. The molecule has 0 saturated carbocycles.